The number of halogens is 3. The number of nitrogens with zero attached hydrogens (tertiary/aromatic N) is 2. The fraction of sp³-hybridized carbons (Fsp3) is 0.231. The summed E-state index contributed by atoms with van der Waals surface area (Å²) in [6.45, 7) is 3.76. The van der Waals surface area contributed by atoms with Crippen LogP contribution >= 0.6 is 27.5 Å². The lowest BCUT2D eigenvalue weighted by Gasteiger charge is -2.08. The van der Waals surface area contributed by atoms with Crippen LogP contribution in [0.3, 0.4) is 0 Å². The van der Waals surface area contributed by atoms with Crippen molar-refractivity contribution in [3.05, 3.63) is 45.9 Å². The molecule has 0 N–H and O–H groups in total. The van der Waals surface area contributed by atoms with Gasteiger partial charge in [0.1, 0.15) is 5.82 Å². The molecule has 5 heteroatoms. The normalized spacial score (nSPS) is 12.5. The third-order valence-electron chi connectivity index (χ3n) is 2.62. The average molecular weight is 330 g/mol. The monoisotopic (exact) mass is 328 g/mol. The molecular weight excluding hydrogens is 319 g/mol. The van der Waals surface area contributed by atoms with Crippen LogP contribution in [-0.4, -0.2) is 9.97 Å². The molecule has 0 spiro atoms. The Hall–Kier alpha value is -1.00. The standard InChI is InChI=1S/C13H11BrClFN2/c1-7(15)10-6-17-13(18-8(10)2)9-3-4-12(16)11(14)5-9/h3-7H,1-2H3. The first-order valence-electron chi connectivity index (χ1n) is 5.42. The molecule has 1 aromatic carbocycles. The molecule has 0 amide bonds. The zero-order chi connectivity index (χ0) is 13.3. The minimum Gasteiger partial charge on any atom is -0.236 e. The molecule has 0 bridgehead atoms. The quantitative estimate of drug-likeness (QED) is 0.749. The highest BCUT2D eigenvalue weighted by Crippen LogP contribution is 2.26. The van der Waals surface area contributed by atoms with Crippen LogP contribution in [-0.2, 0) is 0 Å². The van der Waals surface area contributed by atoms with E-state index in [0.29, 0.717) is 10.3 Å². The van der Waals surface area contributed by atoms with Gasteiger partial charge in [0.25, 0.3) is 0 Å². The van der Waals surface area contributed by atoms with Gasteiger partial charge in [-0.1, -0.05) is 0 Å². The van der Waals surface area contributed by atoms with Gasteiger partial charge >= 0.3 is 0 Å². The number of alkyl halides is 1. The zero-order valence-electron chi connectivity index (χ0n) is 9.92. The minimum absolute atomic E-state index is 0.126. The van der Waals surface area contributed by atoms with Crippen LogP contribution in [0.15, 0.2) is 28.9 Å². The van der Waals surface area contributed by atoms with Gasteiger partial charge in [0.2, 0.25) is 0 Å². The molecule has 0 aliphatic carbocycles. The van der Waals surface area contributed by atoms with Crippen molar-refractivity contribution in [1.29, 1.82) is 0 Å². The average Bonchev–Trinajstić information content (AvgIpc) is 2.32. The van der Waals surface area contributed by atoms with E-state index in [4.69, 9.17) is 11.6 Å². The molecule has 0 fully saturated rings. The molecule has 94 valence electrons. The Kier molecular flexibility index (Phi) is 3.97. The first-order chi connectivity index (χ1) is 8.49. The van der Waals surface area contributed by atoms with E-state index in [9.17, 15) is 4.39 Å². The molecule has 0 saturated carbocycles. The van der Waals surface area contributed by atoms with Gasteiger partial charge in [-0.2, -0.15) is 0 Å². The van der Waals surface area contributed by atoms with E-state index in [1.807, 2.05) is 13.8 Å². The number of aryl methyl sites for hydroxylation is 1. The van der Waals surface area contributed by atoms with Crippen LogP contribution in [0.4, 0.5) is 4.39 Å². The second-order valence-corrected chi connectivity index (χ2v) is 5.49. The van der Waals surface area contributed by atoms with Crippen molar-refractivity contribution in [1.82, 2.24) is 9.97 Å². The van der Waals surface area contributed by atoms with Crippen molar-refractivity contribution in [2.24, 2.45) is 0 Å². The van der Waals surface area contributed by atoms with Crippen molar-refractivity contribution in [2.45, 2.75) is 19.2 Å². The lowest BCUT2D eigenvalue weighted by molar-refractivity contribution is 0.621. The number of aromatic nitrogens is 2. The van der Waals surface area contributed by atoms with Gasteiger partial charge in [-0.3, -0.25) is 0 Å². The number of rotatable bonds is 2. The van der Waals surface area contributed by atoms with E-state index in [0.717, 1.165) is 16.8 Å². The highest BCUT2D eigenvalue weighted by Gasteiger charge is 2.10. The zero-order valence-corrected chi connectivity index (χ0v) is 12.3. The molecule has 1 aromatic heterocycles. The third kappa shape index (κ3) is 2.70. The Morgan fingerprint density at radius 1 is 1.39 bits per heavy atom. The molecule has 0 aliphatic rings. The van der Waals surface area contributed by atoms with Crippen molar-refractivity contribution in [3.63, 3.8) is 0 Å². The number of hydrogen-bond acceptors (Lipinski definition) is 2. The predicted molar refractivity (Wildman–Crippen MR) is 74.1 cm³/mol. The maximum Gasteiger partial charge on any atom is 0.159 e. The van der Waals surface area contributed by atoms with Gasteiger partial charge in [-0.05, 0) is 48.0 Å². The topological polar surface area (TPSA) is 25.8 Å². The Morgan fingerprint density at radius 2 is 2.11 bits per heavy atom. The van der Waals surface area contributed by atoms with E-state index in [1.165, 1.54) is 6.07 Å². The first-order valence-corrected chi connectivity index (χ1v) is 6.65. The van der Waals surface area contributed by atoms with E-state index < -0.39 is 0 Å². The van der Waals surface area contributed by atoms with Crippen LogP contribution in [0.1, 0.15) is 23.6 Å². The molecule has 1 heterocycles. The van der Waals surface area contributed by atoms with Crippen molar-refractivity contribution in [3.8, 4) is 11.4 Å². The Morgan fingerprint density at radius 3 is 2.67 bits per heavy atom. The van der Waals surface area contributed by atoms with E-state index in [2.05, 4.69) is 25.9 Å². The molecule has 2 rings (SSSR count). The van der Waals surface area contributed by atoms with Gasteiger partial charge in [0.15, 0.2) is 5.82 Å². The lowest BCUT2D eigenvalue weighted by atomic mass is 10.1. The fourth-order valence-corrected chi connectivity index (χ4v) is 2.23. The van der Waals surface area contributed by atoms with Gasteiger partial charge in [-0.25, -0.2) is 14.4 Å². The largest absolute Gasteiger partial charge is 0.236 e. The van der Waals surface area contributed by atoms with E-state index in [-0.39, 0.29) is 11.2 Å². The van der Waals surface area contributed by atoms with Crippen LogP contribution < -0.4 is 0 Å². The molecule has 0 radical (unpaired) electrons. The van der Waals surface area contributed by atoms with Crippen molar-refractivity contribution in [2.75, 3.05) is 0 Å². The maximum absolute atomic E-state index is 13.2. The molecule has 2 nitrogen and oxygen atoms in total. The predicted octanol–water partition coefficient (Wildman–Crippen LogP) is 4.65. The van der Waals surface area contributed by atoms with Gasteiger partial charge in [-0.15, -0.1) is 11.6 Å². The molecule has 0 aliphatic heterocycles. The van der Waals surface area contributed by atoms with Crippen molar-refractivity contribution < 1.29 is 4.39 Å². The third-order valence-corrected chi connectivity index (χ3v) is 3.47. The molecule has 0 saturated heterocycles. The summed E-state index contributed by atoms with van der Waals surface area (Å²) in [6.07, 6.45) is 1.71. The highest BCUT2D eigenvalue weighted by molar-refractivity contribution is 9.10. The SMILES string of the molecule is Cc1nc(-c2ccc(F)c(Br)c2)ncc1C(C)Cl. The molecule has 18 heavy (non-hydrogen) atoms. The van der Waals surface area contributed by atoms with Crippen LogP contribution in [0.2, 0.25) is 0 Å². The van der Waals surface area contributed by atoms with Crippen LogP contribution in [0, 0.1) is 12.7 Å². The smallest absolute Gasteiger partial charge is 0.159 e. The summed E-state index contributed by atoms with van der Waals surface area (Å²) < 4.78 is 13.6. The molecule has 2 aromatic rings. The summed E-state index contributed by atoms with van der Waals surface area (Å²) in [5, 5.41) is -0.126. The number of hydrogen-bond donors (Lipinski definition) is 0. The Bertz CT molecular complexity index is 587. The van der Waals surface area contributed by atoms with E-state index >= 15 is 0 Å². The van der Waals surface area contributed by atoms with Gasteiger partial charge in [0.05, 0.1) is 9.85 Å². The summed E-state index contributed by atoms with van der Waals surface area (Å²) in [5.74, 6) is 0.260. The molecule has 1 unspecified atom stereocenters. The molecule has 1 atom stereocenters. The maximum atomic E-state index is 13.2. The van der Waals surface area contributed by atoms with Gasteiger partial charge in [0, 0.05) is 23.0 Å². The Labute approximate surface area is 118 Å². The second kappa shape index (κ2) is 5.33. The summed E-state index contributed by atoms with van der Waals surface area (Å²) in [7, 11) is 0. The lowest BCUT2D eigenvalue weighted by Crippen LogP contribution is -1.98. The number of benzene rings is 1. The van der Waals surface area contributed by atoms with E-state index in [1.54, 1.807) is 18.3 Å². The minimum atomic E-state index is -0.304. The Balaban J connectivity index is 2.45. The summed E-state index contributed by atoms with van der Waals surface area (Å²) in [6, 6.07) is 4.70. The van der Waals surface area contributed by atoms with Crippen LogP contribution in [0.5, 0.6) is 0 Å². The molecular formula is C13H11BrClFN2. The van der Waals surface area contributed by atoms with Crippen LogP contribution in [0.25, 0.3) is 11.4 Å². The summed E-state index contributed by atoms with van der Waals surface area (Å²) in [4.78, 5) is 8.66. The summed E-state index contributed by atoms with van der Waals surface area (Å²) in [5.41, 5.74) is 2.50. The first kappa shape index (κ1) is 13.4. The van der Waals surface area contributed by atoms with Gasteiger partial charge < -0.3 is 0 Å². The second-order valence-electron chi connectivity index (χ2n) is 3.98. The van der Waals surface area contributed by atoms with Crippen molar-refractivity contribution >= 4 is 27.5 Å². The summed E-state index contributed by atoms with van der Waals surface area (Å²) >= 11 is 9.16. The highest BCUT2D eigenvalue weighted by atomic mass is 79.9. The fourth-order valence-electron chi connectivity index (χ4n) is 1.64.